The number of carbonyl (C=O) groups is 1. The summed E-state index contributed by atoms with van der Waals surface area (Å²) in [5.74, 6) is 0.888. The minimum atomic E-state index is -0.124. The fraction of sp³-hybridized carbons (Fsp3) is 0.941. The zero-order valence-corrected chi connectivity index (χ0v) is 13.9. The van der Waals surface area contributed by atoms with E-state index in [1.165, 1.54) is 38.8 Å². The number of hydrogen-bond acceptors (Lipinski definition) is 4. The van der Waals surface area contributed by atoms with E-state index in [-0.39, 0.29) is 11.9 Å². The summed E-state index contributed by atoms with van der Waals surface area (Å²) in [6.45, 7) is 8.65. The molecule has 0 aromatic rings. The van der Waals surface area contributed by atoms with E-state index >= 15 is 0 Å². The second-order valence-corrected chi connectivity index (χ2v) is 7.21. The molecule has 0 aromatic heterocycles. The zero-order valence-electron chi connectivity index (χ0n) is 13.9. The maximum absolute atomic E-state index is 12.6. The first-order valence-electron chi connectivity index (χ1n) is 9.08. The highest BCUT2D eigenvalue weighted by Crippen LogP contribution is 2.23. The van der Waals surface area contributed by atoms with Crippen molar-refractivity contribution in [1.82, 2.24) is 15.1 Å². The van der Waals surface area contributed by atoms with Gasteiger partial charge in [-0.3, -0.25) is 4.79 Å². The molecule has 1 N–H and O–H groups in total. The van der Waals surface area contributed by atoms with Gasteiger partial charge in [0.2, 0.25) is 5.91 Å². The van der Waals surface area contributed by atoms with E-state index in [0.717, 1.165) is 32.7 Å². The van der Waals surface area contributed by atoms with Crippen molar-refractivity contribution in [1.29, 1.82) is 0 Å². The SMILES string of the molecule is C[C@@H]1CCCCN1C[C@H]1CCCN(C(=O)[C@@H]2COCCN2)C1. The average molecular weight is 309 g/mol. The van der Waals surface area contributed by atoms with Crippen molar-refractivity contribution >= 4 is 5.91 Å². The second-order valence-electron chi connectivity index (χ2n) is 7.21. The molecule has 0 aliphatic carbocycles. The highest BCUT2D eigenvalue weighted by molar-refractivity contribution is 5.82. The topological polar surface area (TPSA) is 44.8 Å². The van der Waals surface area contributed by atoms with Crippen LogP contribution in [0, 0.1) is 5.92 Å². The Morgan fingerprint density at radius 1 is 1.23 bits per heavy atom. The Hall–Kier alpha value is -0.650. The van der Waals surface area contributed by atoms with Gasteiger partial charge in [-0.05, 0) is 45.1 Å². The van der Waals surface area contributed by atoms with Gasteiger partial charge in [-0.25, -0.2) is 0 Å². The molecule has 0 aromatic carbocycles. The van der Waals surface area contributed by atoms with Gasteiger partial charge in [-0.1, -0.05) is 6.42 Å². The Balaban J connectivity index is 1.51. The monoisotopic (exact) mass is 309 g/mol. The lowest BCUT2D eigenvalue weighted by Gasteiger charge is -2.40. The summed E-state index contributed by atoms with van der Waals surface area (Å²) >= 11 is 0. The summed E-state index contributed by atoms with van der Waals surface area (Å²) in [6, 6.07) is 0.592. The van der Waals surface area contributed by atoms with Gasteiger partial charge in [0.15, 0.2) is 0 Å². The minimum Gasteiger partial charge on any atom is -0.378 e. The molecule has 3 saturated heterocycles. The third kappa shape index (κ3) is 4.00. The standard InChI is InChI=1S/C17H31N3O2/c1-14-5-2-3-8-19(14)11-15-6-4-9-20(12-15)17(21)16-13-22-10-7-18-16/h14-16,18H,2-13H2,1H3/t14-,15-,16+/m1/s1. The predicted molar refractivity (Wildman–Crippen MR) is 86.8 cm³/mol. The zero-order chi connectivity index (χ0) is 15.4. The molecule has 0 bridgehead atoms. The van der Waals surface area contributed by atoms with Crippen LogP contribution in [0.3, 0.4) is 0 Å². The first-order chi connectivity index (χ1) is 10.7. The summed E-state index contributed by atoms with van der Waals surface area (Å²) in [7, 11) is 0. The summed E-state index contributed by atoms with van der Waals surface area (Å²) in [5.41, 5.74) is 0. The number of likely N-dealkylation sites (tertiary alicyclic amines) is 2. The van der Waals surface area contributed by atoms with Crippen LogP contribution in [-0.4, -0.2) is 73.7 Å². The van der Waals surface area contributed by atoms with Gasteiger partial charge in [0.05, 0.1) is 13.2 Å². The molecule has 3 aliphatic rings. The minimum absolute atomic E-state index is 0.124. The molecule has 0 spiro atoms. The third-order valence-electron chi connectivity index (χ3n) is 5.48. The third-order valence-corrected chi connectivity index (χ3v) is 5.48. The van der Waals surface area contributed by atoms with Crippen LogP contribution >= 0.6 is 0 Å². The van der Waals surface area contributed by atoms with E-state index < -0.39 is 0 Å². The highest BCUT2D eigenvalue weighted by atomic mass is 16.5. The quantitative estimate of drug-likeness (QED) is 0.847. The maximum Gasteiger partial charge on any atom is 0.242 e. The number of nitrogens with one attached hydrogen (secondary N) is 1. The molecule has 3 rings (SSSR count). The van der Waals surface area contributed by atoms with Crippen LogP contribution in [0.2, 0.25) is 0 Å². The molecule has 3 heterocycles. The second kappa shape index (κ2) is 7.75. The van der Waals surface area contributed by atoms with Gasteiger partial charge >= 0.3 is 0 Å². The Labute approximate surface area is 134 Å². The summed E-state index contributed by atoms with van der Waals surface area (Å²) in [5, 5.41) is 3.29. The Morgan fingerprint density at radius 2 is 2.14 bits per heavy atom. The fourth-order valence-electron chi connectivity index (χ4n) is 4.12. The van der Waals surface area contributed by atoms with Gasteiger partial charge in [-0.15, -0.1) is 0 Å². The van der Waals surface area contributed by atoms with Gasteiger partial charge in [-0.2, -0.15) is 0 Å². The molecule has 3 atom stereocenters. The number of hydrogen-bond donors (Lipinski definition) is 1. The molecule has 5 nitrogen and oxygen atoms in total. The summed E-state index contributed by atoms with van der Waals surface area (Å²) in [4.78, 5) is 17.3. The van der Waals surface area contributed by atoms with Crippen molar-refractivity contribution in [2.45, 2.75) is 51.1 Å². The number of ether oxygens (including phenoxy) is 1. The Morgan fingerprint density at radius 3 is 2.91 bits per heavy atom. The number of morpholine rings is 1. The molecule has 5 heteroatoms. The van der Waals surface area contributed by atoms with Crippen molar-refractivity contribution in [2.24, 2.45) is 5.92 Å². The first-order valence-corrected chi connectivity index (χ1v) is 9.08. The molecule has 0 saturated carbocycles. The van der Waals surface area contributed by atoms with Gasteiger partial charge in [0.25, 0.3) is 0 Å². The lowest BCUT2D eigenvalue weighted by atomic mass is 9.94. The smallest absolute Gasteiger partial charge is 0.242 e. The maximum atomic E-state index is 12.6. The van der Waals surface area contributed by atoms with E-state index in [9.17, 15) is 4.79 Å². The van der Waals surface area contributed by atoms with Crippen molar-refractivity contribution in [3.63, 3.8) is 0 Å². The first kappa shape index (κ1) is 16.2. The molecule has 3 aliphatic heterocycles. The van der Waals surface area contributed by atoms with Crippen LogP contribution < -0.4 is 5.32 Å². The Bertz CT molecular complexity index is 371. The van der Waals surface area contributed by atoms with Crippen LogP contribution in [0.4, 0.5) is 0 Å². The molecular formula is C17H31N3O2. The predicted octanol–water partition coefficient (Wildman–Crippen LogP) is 1.09. The largest absolute Gasteiger partial charge is 0.378 e. The fourth-order valence-corrected chi connectivity index (χ4v) is 4.12. The number of piperidine rings is 2. The molecule has 126 valence electrons. The van der Waals surface area contributed by atoms with Crippen molar-refractivity contribution in [2.75, 3.05) is 45.9 Å². The molecule has 3 fully saturated rings. The summed E-state index contributed by atoms with van der Waals surface area (Å²) < 4.78 is 5.44. The van der Waals surface area contributed by atoms with Crippen molar-refractivity contribution in [3.05, 3.63) is 0 Å². The lowest BCUT2D eigenvalue weighted by Crippen LogP contribution is -2.55. The van der Waals surface area contributed by atoms with Crippen molar-refractivity contribution < 1.29 is 9.53 Å². The van der Waals surface area contributed by atoms with E-state index in [1.807, 2.05) is 0 Å². The van der Waals surface area contributed by atoms with E-state index in [4.69, 9.17) is 4.74 Å². The number of carbonyl (C=O) groups excluding carboxylic acids is 1. The molecule has 22 heavy (non-hydrogen) atoms. The highest BCUT2D eigenvalue weighted by Gasteiger charge is 2.31. The van der Waals surface area contributed by atoms with Gasteiger partial charge < -0.3 is 19.9 Å². The van der Waals surface area contributed by atoms with E-state index in [1.54, 1.807) is 0 Å². The van der Waals surface area contributed by atoms with Crippen molar-refractivity contribution in [3.8, 4) is 0 Å². The average Bonchev–Trinajstić information content (AvgIpc) is 2.57. The van der Waals surface area contributed by atoms with Crippen LogP contribution in [0.15, 0.2) is 0 Å². The molecular weight excluding hydrogens is 278 g/mol. The van der Waals surface area contributed by atoms with Gasteiger partial charge in [0.1, 0.15) is 6.04 Å². The molecule has 0 unspecified atom stereocenters. The summed E-state index contributed by atoms with van der Waals surface area (Å²) in [6.07, 6.45) is 6.45. The van der Waals surface area contributed by atoms with Crippen LogP contribution in [0.1, 0.15) is 39.0 Å². The number of amides is 1. The van der Waals surface area contributed by atoms with E-state index in [0.29, 0.717) is 18.6 Å². The number of rotatable bonds is 3. The van der Waals surface area contributed by atoms with Crippen LogP contribution in [0.5, 0.6) is 0 Å². The lowest BCUT2D eigenvalue weighted by molar-refractivity contribution is -0.138. The van der Waals surface area contributed by atoms with Crippen LogP contribution in [-0.2, 0) is 9.53 Å². The normalized spacial score (nSPS) is 34.6. The van der Waals surface area contributed by atoms with Gasteiger partial charge in [0, 0.05) is 32.2 Å². The molecule has 1 amide bonds. The molecule has 0 radical (unpaired) electrons. The number of nitrogens with zero attached hydrogens (tertiary/aromatic N) is 2. The van der Waals surface area contributed by atoms with E-state index in [2.05, 4.69) is 22.0 Å². The van der Waals surface area contributed by atoms with Crippen LogP contribution in [0.25, 0.3) is 0 Å². The Kier molecular flexibility index (Phi) is 5.71.